The third-order valence-corrected chi connectivity index (χ3v) is 11.5. The molecule has 0 bridgehead atoms. The third kappa shape index (κ3) is 4.67. The van der Waals surface area contributed by atoms with E-state index in [2.05, 4.69) is 11.8 Å². The molecule has 0 unspecified atom stereocenters. The Morgan fingerprint density at radius 1 is 0.932 bits per heavy atom. The number of aliphatic hydroxyl groups is 3. The highest BCUT2D eigenvalue weighted by atomic mass is 19.4. The minimum absolute atomic E-state index is 0.0339. The van der Waals surface area contributed by atoms with E-state index in [-0.39, 0.29) is 37.2 Å². The Morgan fingerprint density at radius 3 is 2.20 bits per heavy atom. The lowest BCUT2D eigenvalue weighted by molar-refractivity contribution is -0.362. The Labute approximate surface area is 254 Å². The molecule has 10 heteroatoms. The van der Waals surface area contributed by atoms with Crippen molar-refractivity contribution in [3.8, 4) is 11.8 Å². The maximum atomic E-state index is 15.3. The molecule has 1 aromatic carbocycles. The largest absolute Gasteiger partial charge is 0.456 e. The molecule has 5 aliphatic rings. The molecule has 1 heterocycles. The molecule has 6 atom stereocenters. The molecule has 44 heavy (non-hydrogen) atoms. The van der Waals surface area contributed by atoms with Crippen LogP contribution in [0.3, 0.4) is 0 Å². The van der Waals surface area contributed by atoms with Gasteiger partial charge in [-0.1, -0.05) is 50.3 Å². The molecule has 0 amide bonds. The van der Waals surface area contributed by atoms with Gasteiger partial charge in [-0.25, -0.2) is 0 Å². The highest BCUT2D eigenvalue weighted by Crippen LogP contribution is 2.71. The van der Waals surface area contributed by atoms with Gasteiger partial charge in [0, 0.05) is 35.2 Å². The van der Waals surface area contributed by atoms with Gasteiger partial charge in [0.1, 0.15) is 12.2 Å². The maximum Gasteiger partial charge on any atom is 0.456 e. The van der Waals surface area contributed by atoms with E-state index in [1.807, 2.05) is 13.8 Å². The molecule has 4 fully saturated rings. The first-order valence-electron chi connectivity index (χ1n) is 15.5. The first-order chi connectivity index (χ1) is 20.4. The van der Waals surface area contributed by atoms with Gasteiger partial charge in [0.05, 0.1) is 18.8 Å². The summed E-state index contributed by atoms with van der Waals surface area (Å²) in [6, 6.07) is 7.02. The number of ether oxygens (including phenoxy) is 2. The predicted octanol–water partition coefficient (Wildman–Crippen LogP) is 6.25. The number of fused-ring (bicyclic) bond motifs is 4. The number of alkyl halides is 5. The topological polar surface area (TPSA) is 79.2 Å². The summed E-state index contributed by atoms with van der Waals surface area (Å²) >= 11 is 0. The van der Waals surface area contributed by atoms with Crippen LogP contribution in [0.2, 0.25) is 0 Å². The number of hydrogen-bond donors (Lipinski definition) is 3. The van der Waals surface area contributed by atoms with E-state index in [1.165, 1.54) is 6.92 Å². The third-order valence-electron chi connectivity index (χ3n) is 11.5. The molecule has 5 nitrogen and oxygen atoms in total. The molecule has 4 aliphatic carbocycles. The van der Waals surface area contributed by atoms with Crippen molar-refractivity contribution in [3.05, 3.63) is 46.5 Å². The molecule has 0 radical (unpaired) electrons. The second-order valence-corrected chi connectivity index (χ2v) is 14.8. The number of allylic oxidation sites excluding steroid dienone is 1. The second-order valence-electron chi connectivity index (χ2n) is 14.8. The zero-order valence-corrected chi connectivity index (χ0v) is 25.4. The van der Waals surface area contributed by atoms with Crippen LogP contribution in [0, 0.1) is 34.5 Å². The predicted molar refractivity (Wildman–Crippen MR) is 152 cm³/mol. The normalized spacial score (nSPS) is 37.9. The monoisotopic (exact) mass is 624 g/mol. The minimum atomic E-state index is -5.90. The van der Waals surface area contributed by atoms with Crippen LogP contribution in [0.4, 0.5) is 22.0 Å². The fourth-order valence-electron chi connectivity index (χ4n) is 9.25. The van der Waals surface area contributed by atoms with Crippen molar-refractivity contribution >= 4 is 0 Å². The van der Waals surface area contributed by atoms with Gasteiger partial charge >= 0.3 is 12.1 Å². The minimum Gasteiger partial charge on any atom is -0.385 e. The highest BCUT2D eigenvalue weighted by molar-refractivity contribution is 5.46. The first-order valence-corrected chi connectivity index (χ1v) is 15.5. The lowest BCUT2D eigenvalue weighted by atomic mass is 9.49. The van der Waals surface area contributed by atoms with Crippen LogP contribution in [0.25, 0.3) is 0 Å². The molecular formula is C34H41F5O5. The van der Waals surface area contributed by atoms with Gasteiger partial charge in [-0.15, -0.1) is 0 Å². The Morgan fingerprint density at radius 2 is 1.59 bits per heavy atom. The molecule has 3 N–H and O–H groups in total. The van der Waals surface area contributed by atoms with Gasteiger partial charge in [-0.2, -0.15) is 22.0 Å². The Balaban J connectivity index is 1.45. The van der Waals surface area contributed by atoms with E-state index in [9.17, 15) is 23.4 Å². The number of benzene rings is 1. The van der Waals surface area contributed by atoms with Gasteiger partial charge in [0.15, 0.2) is 5.79 Å². The van der Waals surface area contributed by atoms with Crippen molar-refractivity contribution in [2.24, 2.45) is 22.7 Å². The molecule has 3 saturated carbocycles. The molecule has 242 valence electrons. The van der Waals surface area contributed by atoms with E-state index >= 15 is 8.78 Å². The van der Waals surface area contributed by atoms with E-state index in [1.54, 1.807) is 24.3 Å². The van der Waals surface area contributed by atoms with Gasteiger partial charge < -0.3 is 24.8 Å². The Kier molecular flexibility index (Phi) is 7.43. The molecule has 0 aromatic heterocycles. The summed E-state index contributed by atoms with van der Waals surface area (Å²) in [6.07, 6.45) is -4.79. The summed E-state index contributed by atoms with van der Waals surface area (Å²) in [7, 11) is 0. The summed E-state index contributed by atoms with van der Waals surface area (Å²) in [6.45, 7) is 6.15. The van der Waals surface area contributed by atoms with Crippen LogP contribution < -0.4 is 0 Å². The van der Waals surface area contributed by atoms with E-state index in [0.29, 0.717) is 50.0 Å². The Hall–Kier alpha value is -2.03. The average Bonchev–Trinajstić information content (AvgIpc) is 3.24. The maximum absolute atomic E-state index is 15.3. The van der Waals surface area contributed by atoms with E-state index in [4.69, 9.17) is 14.6 Å². The smallest absolute Gasteiger partial charge is 0.385 e. The molecular weight excluding hydrogens is 583 g/mol. The standard InChI is InChI=1S/C34H41F5O5/c1-28(2)19-43-31(44-20-28)14-11-26-27-23(10-13-30(26,41)18-31)25-12-15-32(42,33(35,36)34(37,38)39)29(25,3)17-24(27)22-8-6-21(7-9-22)5-4-16-40/h6-9,23-25,40-42H,10-20H2,1-3H3/t23-,24+,25-,29-,30+,32-/m0/s1. The number of hydrogen-bond acceptors (Lipinski definition) is 5. The summed E-state index contributed by atoms with van der Waals surface area (Å²) < 4.78 is 84.6. The summed E-state index contributed by atoms with van der Waals surface area (Å²) in [5.41, 5.74) is -3.41. The zero-order valence-electron chi connectivity index (χ0n) is 25.4. The first kappa shape index (κ1) is 31.9. The van der Waals surface area contributed by atoms with Gasteiger partial charge in [0.25, 0.3) is 0 Å². The fraction of sp³-hybridized carbons (Fsp3) is 0.706. The summed E-state index contributed by atoms with van der Waals surface area (Å²) in [4.78, 5) is 0. The van der Waals surface area contributed by atoms with Crippen LogP contribution in [0.5, 0.6) is 0 Å². The SMILES string of the molecule is CC1(C)COC2(CCC3=C4[C@@H](CC[C@@]3(O)C2)[C@@H]2CC[C@@](O)(C(F)(F)C(F)(F)F)[C@@]2(C)C[C@@H]4c2ccc(C#CCO)cc2)OC1. The van der Waals surface area contributed by atoms with Crippen LogP contribution in [-0.2, 0) is 9.47 Å². The molecule has 1 spiro atoms. The summed E-state index contributed by atoms with van der Waals surface area (Å²) in [5.74, 6) is -2.41. The van der Waals surface area contributed by atoms with Gasteiger partial charge in [-0.3, -0.25) is 0 Å². The lowest BCUT2D eigenvalue weighted by Gasteiger charge is -2.59. The molecule has 1 aromatic rings. The van der Waals surface area contributed by atoms with Crippen LogP contribution in [0.1, 0.15) is 89.2 Å². The van der Waals surface area contributed by atoms with E-state index in [0.717, 1.165) is 11.1 Å². The fourth-order valence-corrected chi connectivity index (χ4v) is 9.25. The van der Waals surface area contributed by atoms with Crippen molar-refractivity contribution in [1.82, 2.24) is 0 Å². The lowest BCUT2D eigenvalue weighted by Crippen LogP contribution is -2.65. The second kappa shape index (κ2) is 10.2. The number of rotatable bonds is 2. The number of aliphatic hydroxyl groups excluding tert-OH is 1. The molecule has 6 rings (SSSR count). The highest BCUT2D eigenvalue weighted by Gasteiger charge is 2.79. The van der Waals surface area contributed by atoms with Crippen molar-refractivity contribution in [2.45, 2.75) is 107 Å². The van der Waals surface area contributed by atoms with E-state index < -0.39 is 52.8 Å². The summed E-state index contributed by atoms with van der Waals surface area (Å²) in [5, 5.41) is 32.8. The van der Waals surface area contributed by atoms with Crippen LogP contribution in [-0.4, -0.2) is 64.2 Å². The van der Waals surface area contributed by atoms with Crippen molar-refractivity contribution in [3.63, 3.8) is 0 Å². The van der Waals surface area contributed by atoms with Crippen LogP contribution in [0.15, 0.2) is 35.4 Å². The van der Waals surface area contributed by atoms with Crippen molar-refractivity contribution in [2.75, 3.05) is 19.8 Å². The average molecular weight is 625 g/mol. The molecule has 1 saturated heterocycles. The molecule has 1 aliphatic heterocycles. The van der Waals surface area contributed by atoms with Gasteiger partial charge in [-0.05, 0) is 73.6 Å². The van der Waals surface area contributed by atoms with Gasteiger partial charge in [0.2, 0.25) is 0 Å². The van der Waals surface area contributed by atoms with Crippen molar-refractivity contribution in [1.29, 1.82) is 0 Å². The van der Waals surface area contributed by atoms with Crippen LogP contribution >= 0.6 is 0 Å². The van der Waals surface area contributed by atoms with Crippen molar-refractivity contribution < 1.29 is 46.7 Å². The quantitative estimate of drug-likeness (QED) is 0.206. The zero-order chi connectivity index (χ0) is 32.0. The Bertz CT molecular complexity index is 1380. The number of halogens is 5.